The van der Waals surface area contributed by atoms with Gasteiger partial charge in [-0.3, -0.25) is 9.69 Å². The van der Waals surface area contributed by atoms with Gasteiger partial charge < -0.3 is 20.3 Å². The van der Waals surface area contributed by atoms with E-state index in [0.29, 0.717) is 49.0 Å². The Hall–Kier alpha value is -3.10. The number of hydrogen-bond acceptors (Lipinski definition) is 5. The predicted molar refractivity (Wildman–Crippen MR) is 139 cm³/mol. The number of amides is 2. The van der Waals surface area contributed by atoms with Gasteiger partial charge in [0.2, 0.25) is 5.91 Å². The number of nitrogens with two attached hydrogens (primary N) is 1. The van der Waals surface area contributed by atoms with Gasteiger partial charge in [0, 0.05) is 49.5 Å². The van der Waals surface area contributed by atoms with Gasteiger partial charge in [-0.25, -0.2) is 9.18 Å². The van der Waals surface area contributed by atoms with E-state index in [-0.39, 0.29) is 29.9 Å². The van der Waals surface area contributed by atoms with Crippen molar-refractivity contribution in [2.24, 2.45) is 0 Å². The molecule has 2 atom stereocenters. The Morgan fingerprint density at radius 2 is 1.72 bits per heavy atom. The fraction of sp³-hybridized carbons (Fsp3) is 0.407. The number of nitrogens with zero attached hydrogens (tertiary/aromatic N) is 3. The van der Waals surface area contributed by atoms with Crippen LogP contribution in [-0.4, -0.2) is 70.6 Å². The van der Waals surface area contributed by atoms with Gasteiger partial charge in [-0.15, -0.1) is 0 Å². The monoisotopic (exact) mass is 514 g/mol. The summed E-state index contributed by atoms with van der Waals surface area (Å²) >= 11 is 5.98. The zero-order valence-electron chi connectivity index (χ0n) is 20.8. The highest BCUT2D eigenvalue weighted by Crippen LogP contribution is 2.27. The fourth-order valence-corrected chi connectivity index (χ4v) is 4.96. The summed E-state index contributed by atoms with van der Waals surface area (Å²) in [5, 5.41) is 0.532. The van der Waals surface area contributed by atoms with E-state index in [9.17, 15) is 14.0 Å². The molecule has 0 spiro atoms. The molecule has 2 heterocycles. The molecule has 0 radical (unpaired) electrons. The SMILES string of the molecule is CC(C)(C)OC(=O)N1CC2CN(Cc3ccc(F)cc3)CC(C1)N2C(=O)C=Cc1ccc(Cl)cc1N. The van der Waals surface area contributed by atoms with Gasteiger partial charge in [0.15, 0.2) is 0 Å². The van der Waals surface area contributed by atoms with E-state index >= 15 is 0 Å². The lowest BCUT2D eigenvalue weighted by molar-refractivity contribution is -0.140. The molecule has 2 aromatic rings. The molecule has 0 saturated carbocycles. The van der Waals surface area contributed by atoms with Crippen LogP contribution in [0.1, 0.15) is 31.9 Å². The Morgan fingerprint density at radius 1 is 1.08 bits per heavy atom. The van der Waals surface area contributed by atoms with Gasteiger partial charge in [0.25, 0.3) is 0 Å². The van der Waals surface area contributed by atoms with Gasteiger partial charge in [-0.1, -0.05) is 29.8 Å². The highest BCUT2D eigenvalue weighted by molar-refractivity contribution is 6.30. The number of ether oxygens (including phenoxy) is 1. The molecule has 2 aliphatic heterocycles. The van der Waals surface area contributed by atoms with Gasteiger partial charge in [0.1, 0.15) is 11.4 Å². The van der Waals surface area contributed by atoms with Crippen molar-refractivity contribution in [3.8, 4) is 0 Å². The zero-order valence-corrected chi connectivity index (χ0v) is 21.5. The molecule has 7 nitrogen and oxygen atoms in total. The third-order valence-electron chi connectivity index (χ3n) is 6.27. The third-order valence-corrected chi connectivity index (χ3v) is 6.50. The van der Waals surface area contributed by atoms with Crippen LogP contribution in [-0.2, 0) is 16.1 Å². The lowest BCUT2D eigenvalue weighted by Crippen LogP contribution is -2.70. The highest BCUT2D eigenvalue weighted by Gasteiger charge is 2.44. The van der Waals surface area contributed by atoms with Crippen LogP contribution >= 0.6 is 11.6 Å². The molecular weight excluding hydrogens is 483 g/mol. The van der Waals surface area contributed by atoms with E-state index in [1.165, 1.54) is 18.2 Å². The van der Waals surface area contributed by atoms with Gasteiger partial charge in [-0.05, 0) is 62.2 Å². The summed E-state index contributed by atoms with van der Waals surface area (Å²) in [5.74, 6) is -0.406. The largest absolute Gasteiger partial charge is 0.444 e. The van der Waals surface area contributed by atoms with Crippen molar-refractivity contribution in [1.29, 1.82) is 0 Å². The summed E-state index contributed by atoms with van der Waals surface area (Å²) < 4.78 is 18.9. The zero-order chi connectivity index (χ0) is 26.0. The van der Waals surface area contributed by atoms with Crippen LogP contribution in [0.5, 0.6) is 0 Å². The number of rotatable bonds is 4. The number of carbonyl (C=O) groups excluding carboxylic acids is 2. The number of carbonyl (C=O) groups is 2. The van der Waals surface area contributed by atoms with Crippen molar-refractivity contribution >= 4 is 35.4 Å². The lowest BCUT2D eigenvalue weighted by Gasteiger charge is -2.52. The van der Waals surface area contributed by atoms with Crippen LogP contribution in [0.4, 0.5) is 14.9 Å². The van der Waals surface area contributed by atoms with Crippen LogP contribution in [0.2, 0.25) is 5.02 Å². The van der Waals surface area contributed by atoms with E-state index in [0.717, 1.165) is 5.56 Å². The van der Waals surface area contributed by atoms with Crippen molar-refractivity contribution in [3.05, 3.63) is 70.5 Å². The molecule has 0 aromatic heterocycles. The second-order valence-corrected chi connectivity index (χ2v) is 10.8. The molecule has 0 aliphatic carbocycles. The minimum Gasteiger partial charge on any atom is -0.444 e. The maximum absolute atomic E-state index is 13.3. The predicted octanol–water partition coefficient (Wildman–Crippen LogP) is 4.41. The average molecular weight is 515 g/mol. The van der Waals surface area contributed by atoms with Crippen LogP contribution in [0.25, 0.3) is 6.08 Å². The van der Waals surface area contributed by atoms with E-state index < -0.39 is 5.60 Å². The van der Waals surface area contributed by atoms with E-state index in [1.807, 2.05) is 25.7 Å². The summed E-state index contributed by atoms with van der Waals surface area (Å²) in [6, 6.07) is 11.2. The number of fused-ring (bicyclic) bond motifs is 2. The standard InChI is InChI=1S/C27H32ClFN4O3/c1-27(2,3)36-26(35)32-16-22-14-31(13-18-4-9-21(29)10-5-18)15-23(17-32)33(22)25(34)11-7-19-6-8-20(28)12-24(19)30/h4-12,22-23H,13-17,30H2,1-3H3. The number of halogens is 2. The third kappa shape index (κ3) is 6.36. The molecule has 36 heavy (non-hydrogen) atoms. The van der Waals surface area contributed by atoms with Gasteiger partial charge in [0.05, 0.1) is 12.1 Å². The Labute approximate surface area is 216 Å². The first-order valence-corrected chi connectivity index (χ1v) is 12.4. The molecule has 2 fully saturated rings. The molecule has 2 saturated heterocycles. The molecule has 2 aliphatic rings. The summed E-state index contributed by atoms with van der Waals surface area (Å²) in [6.45, 7) is 8.04. The molecular formula is C27H32ClFN4O3. The van der Waals surface area contributed by atoms with Crippen molar-refractivity contribution < 1.29 is 18.7 Å². The van der Waals surface area contributed by atoms with E-state index in [1.54, 1.807) is 41.3 Å². The molecule has 192 valence electrons. The van der Waals surface area contributed by atoms with Crippen molar-refractivity contribution in [3.63, 3.8) is 0 Å². The maximum Gasteiger partial charge on any atom is 0.410 e. The number of hydrogen-bond donors (Lipinski definition) is 1. The van der Waals surface area contributed by atoms with Crippen molar-refractivity contribution in [2.75, 3.05) is 31.9 Å². The molecule has 4 rings (SSSR count). The molecule has 2 amide bonds. The number of anilines is 1. The average Bonchev–Trinajstić information content (AvgIpc) is 2.78. The van der Waals surface area contributed by atoms with Crippen LogP contribution in [0, 0.1) is 5.82 Å². The minimum absolute atomic E-state index is 0.135. The Kier molecular flexibility index (Phi) is 7.57. The number of benzene rings is 2. The Morgan fingerprint density at radius 3 is 2.31 bits per heavy atom. The highest BCUT2D eigenvalue weighted by atomic mass is 35.5. The van der Waals surface area contributed by atoms with Gasteiger partial charge >= 0.3 is 6.09 Å². The molecule has 2 aromatic carbocycles. The summed E-state index contributed by atoms with van der Waals surface area (Å²) in [7, 11) is 0. The van der Waals surface area contributed by atoms with Gasteiger partial charge in [-0.2, -0.15) is 0 Å². The Bertz CT molecular complexity index is 1130. The number of nitrogen functional groups attached to an aromatic ring is 1. The first-order valence-electron chi connectivity index (χ1n) is 12.0. The molecule has 2 bridgehead atoms. The van der Waals surface area contributed by atoms with Crippen molar-refractivity contribution in [2.45, 2.75) is 45.0 Å². The Balaban J connectivity index is 1.52. The number of piperazine rings is 2. The summed E-state index contributed by atoms with van der Waals surface area (Å²) in [4.78, 5) is 32.0. The van der Waals surface area contributed by atoms with Crippen LogP contribution in [0.3, 0.4) is 0 Å². The van der Waals surface area contributed by atoms with Crippen molar-refractivity contribution in [1.82, 2.24) is 14.7 Å². The first-order chi connectivity index (χ1) is 17.0. The first kappa shape index (κ1) is 26.0. The lowest BCUT2D eigenvalue weighted by atomic mass is 9.99. The summed E-state index contributed by atoms with van der Waals surface area (Å²) in [5.41, 5.74) is 7.63. The topological polar surface area (TPSA) is 79.1 Å². The van der Waals surface area contributed by atoms with Crippen LogP contribution in [0.15, 0.2) is 48.5 Å². The molecule has 2 N–H and O–H groups in total. The second kappa shape index (κ2) is 10.5. The normalized spacial score (nSPS) is 20.6. The van der Waals surface area contributed by atoms with E-state index in [2.05, 4.69) is 4.90 Å². The van der Waals surface area contributed by atoms with E-state index in [4.69, 9.17) is 22.1 Å². The maximum atomic E-state index is 13.3. The molecule has 9 heteroatoms. The minimum atomic E-state index is -0.602. The second-order valence-electron chi connectivity index (χ2n) is 10.4. The smallest absolute Gasteiger partial charge is 0.410 e. The fourth-order valence-electron chi connectivity index (χ4n) is 4.78. The quantitative estimate of drug-likeness (QED) is 0.483. The summed E-state index contributed by atoms with van der Waals surface area (Å²) in [6.07, 6.45) is 2.85. The molecule has 2 unspecified atom stereocenters. The van der Waals surface area contributed by atoms with Crippen LogP contribution < -0.4 is 5.73 Å².